The van der Waals surface area contributed by atoms with Crippen molar-refractivity contribution in [2.45, 2.75) is 36.7 Å². The van der Waals surface area contributed by atoms with Crippen molar-refractivity contribution in [2.75, 3.05) is 5.88 Å². The first kappa shape index (κ1) is 23.8. The SMILES string of the molecule is N#Cc1ccc(Oc2ccc(S(=O)(=O)CN[C@@H]3CCCc4c3cnn4CC(=O)O)cc2Cl)cc1. The molecule has 4 rings (SSSR count). The molecule has 1 aromatic heterocycles. The predicted octanol–water partition coefficient (Wildman–Crippen LogP) is 3.68. The monoisotopic (exact) mass is 500 g/mol. The number of fused-ring (bicyclic) bond motifs is 1. The standard InChI is InChI=1S/C23H21ClN4O5S/c24-19-10-17(8-9-22(19)33-16-6-4-15(11-25)5-7-16)34(31,32)14-26-20-2-1-3-21-18(20)12-27-28(21)13-23(29)30/h4-10,12,20,26H,1-3,13-14H2,(H,29,30)/t20-/m1/s1. The Bertz CT molecular complexity index is 1360. The average Bonchev–Trinajstić information content (AvgIpc) is 3.22. The number of nitrogens with one attached hydrogen (secondary N) is 1. The molecular weight excluding hydrogens is 480 g/mol. The normalized spacial score (nSPS) is 15.4. The topological polar surface area (TPSA) is 134 Å². The Labute approximate surface area is 201 Å². The molecule has 0 radical (unpaired) electrons. The number of aromatic nitrogens is 2. The van der Waals surface area contributed by atoms with Gasteiger partial charge in [-0.2, -0.15) is 10.4 Å². The van der Waals surface area contributed by atoms with Crippen molar-refractivity contribution in [1.82, 2.24) is 15.1 Å². The fourth-order valence-corrected chi connectivity index (χ4v) is 5.31. The maximum Gasteiger partial charge on any atom is 0.325 e. The molecule has 1 aliphatic rings. The van der Waals surface area contributed by atoms with E-state index in [0.29, 0.717) is 23.5 Å². The highest BCUT2D eigenvalue weighted by Gasteiger charge is 2.26. The van der Waals surface area contributed by atoms with Gasteiger partial charge in [0, 0.05) is 17.3 Å². The van der Waals surface area contributed by atoms with Gasteiger partial charge >= 0.3 is 5.97 Å². The zero-order valence-corrected chi connectivity index (χ0v) is 19.5. The molecule has 2 aromatic carbocycles. The molecule has 1 heterocycles. The number of carboxylic acids is 1. The molecule has 34 heavy (non-hydrogen) atoms. The fraction of sp³-hybridized carbons (Fsp3) is 0.261. The number of nitrogens with zero attached hydrogens (tertiary/aromatic N) is 3. The van der Waals surface area contributed by atoms with Gasteiger partial charge in [0.2, 0.25) is 0 Å². The van der Waals surface area contributed by atoms with Crippen LogP contribution in [0.2, 0.25) is 5.02 Å². The summed E-state index contributed by atoms with van der Waals surface area (Å²) >= 11 is 6.28. The number of sulfone groups is 1. The lowest BCUT2D eigenvalue weighted by Crippen LogP contribution is -2.30. The number of hydrogen-bond donors (Lipinski definition) is 2. The quantitative estimate of drug-likeness (QED) is 0.478. The first-order chi connectivity index (χ1) is 16.3. The number of carbonyl (C=O) groups is 1. The Kier molecular flexibility index (Phi) is 6.88. The van der Waals surface area contributed by atoms with Crippen LogP contribution in [-0.4, -0.2) is 35.2 Å². The minimum absolute atomic E-state index is 0.0507. The van der Waals surface area contributed by atoms with Crippen LogP contribution in [0.15, 0.2) is 53.6 Å². The molecular formula is C23H21ClN4O5S. The van der Waals surface area contributed by atoms with E-state index in [4.69, 9.17) is 26.7 Å². The van der Waals surface area contributed by atoms with Crippen molar-refractivity contribution < 1.29 is 23.1 Å². The summed E-state index contributed by atoms with van der Waals surface area (Å²) in [5.74, 6) is -0.532. The van der Waals surface area contributed by atoms with Crippen molar-refractivity contribution in [3.63, 3.8) is 0 Å². The zero-order chi connectivity index (χ0) is 24.3. The molecule has 0 saturated heterocycles. The van der Waals surface area contributed by atoms with Crippen LogP contribution in [0, 0.1) is 11.3 Å². The third kappa shape index (κ3) is 5.22. The number of carboxylic acid groups (broad SMARTS) is 1. The van der Waals surface area contributed by atoms with E-state index < -0.39 is 15.8 Å². The van der Waals surface area contributed by atoms with Crippen LogP contribution >= 0.6 is 11.6 Å². The van der Waals surface area contributed by atoms with Crippen LogP contribution in [0.4, 0.5) is 0 Å². The molecule has 0 spiro atoms. The lowest BCUT2D eigenvalue weighted by Gasteiger charge is -2.24. The number of halogens is 1. The number of nitriles is 1. The highest BCUT2D eigenvalue weighted by atomic mass is 35.5. The van der Waals surface area contributed by atoms with E-state index in [2.05, 4.69) is 10.4 Å². The van der Waals surface area contributed by atoms with Crippen LogP contribution in [0.1, 0.15) is 35.7 Å². The summed E-state index contributed by atoms with van der Waals surface area (Å²) in [6.07, 6.45) is 3.82. The minimum atomic E-state index is -3.70. The number of rotatable bonds is 8. The van der Waals surface area contributed by atoms with Gasteiger partial charge in [0.15, 0.2) is 9.84 Å². The lowest BCUT2D eigenvalue weighted by molar-refractivity contribution is -0.137. The van der Waals surface area contributed by atoms with E-state index in [1.807, 2.05) is 6.07 Å². The predicted molar refractivity (Wildman–Crippen MR) is 123 cm³/mol. The minimum Gasteiger partial charge on any atom is -0.480 e. The summed E-state index contributed by atoms with van der Waals surface area (Å²) in [6, 6.07) is 12.5. The molecule has 1 aliphatic carbocycles. The molecule has 0 unspecified atom stereocenters. The summed E-state index contributed by atoms with van der Waals surface area (Å²) < 4.78 is 33.0. The van der Waals surface area contributed by atoms with Crippen molar-refractivity contribution in [1.29, 1.82) is 5.26 Å². The van der Waals surface area contributed by atoms with Gasteiger partial charge in [-0.3, -0.25) is 14.8 Å². The Hall–Kier alpha value is -3.39. The van der Waals surface area contributed by atoms with Gasteiger partial charge in [-0.1, -0.05) is 11.6 Å². The third-order valence-electron chi connectivity index (χ3n) is 5.54. The van der Waals surface area contributed by atoms with Gasteiger partial charge < -0.3 is 9.84 Å². The lowest BCUT2D eigenvalue weighted by atomic mass is 9.93. The van der Waals surface area contributed by atoms with E-state index in [0.717, 1.165) is 24.1 Å². The number of aliphatic carboxylic acids is 1. The molecule has 0 aliphatic heterocycles. The largest absolute Gasteiger partial charge is 0.480 e. The summed E-state index contributed by atoms with van der Waals surface area (Å²) in [5.41, 5.74) is 2.13. The molecule has 11 heteroatoms. The van der Waals surface area contributed by atoms with Crippen LogP contribution in [0.5, 0.6) is 11.5 Å². The van der Waals surface area contributed by atoms with Crippen molar-refractivity contribution in [2.24, 2.45) is 0 Å². The number of hydrogen-bond acceptors (Lipinski definition) is 7. The van der Waals surface area contributed by atoms with Gasteiger partial charge in [-0.25, -0.2) is 8.42 Å². The molecule has 9 nitrogen and oxygen atoms in total. The van der Waals surface area contributed by atoms with Gasteiger partial charge in [-0.15, -0.1) is 0 Å². The van der Waals surface area contributed by atoms with E-state index in [1.165, 1.54) is 22.9 Å². The maximum atomic E-state index is 12.9. The highest BCUT2D eigenvalue weighted by molar-refractivity contribution is 7.91. The first-order valence-electron chi connectivity index (χ1n) is 10.5. The Balaban J connectivity index is 1.45. The molecule has 2 N–H and O–H groups in total. The second kappa shape index (κ2) is 9.85. The van der Waals surface area contributed by atoms with Gasteiger partial charge in [0.05, 0.1) is 27.7 Å². The summed E-state index contributed by atoms with van der Waals surface area (Å²) in [7, 11) is -3.70. The third-order valence-corrected chi connectivity index (χ3v) is 7.36. The van der Waals surface area contributed by atoms with E-state index in [9.17, 15) is 13.2 Å². The van der Waals surface area contributed by atoms with Crippen LogP contribution in [0.3, 0.4) is 0 Å². The van der Waals surface area contributed by atoms with Crippen LogP contribution in [-0.2, 0) is 27.6 Å². The first-order valence-corrected chi connectivity index (χ1v) is 12.5. The molecule has 0 saturated carbocycles. The van der Waals surface area contributed by atoms with Gasteiger partial charge in [0.25, 0.3) is 0 Å². The number of benzene rings is 2. The molecule has 1 atom stereocenters. The van der Waals surface area contributed by atoms with E-state index in [1.54, 1.807) is 30.5 Å². The van der Waals surface area contributed by atoms with E-state index in [-0.39, 0.29) is 28.4 Å². The molecule has 0 amide bonds. The molecule has 0 bridgehead atoms. The Morgan fingerprint density at radius 2 is 2.06 bits per heavy atom. The summed E-state index contributed by atoms with van der Waals surface area (Å²) in [4.78, 5) is 11.1. The molecule has 0 fully saturated rings. The second-order valence-electron chi connectivity index (χ2n) is 7.84. The molecule has 176 valence electrons. The zero-order valence-electron chi connectivity index (χ0n) is 17.9. The Morgan fingerprint density at radius 3 is 2.74 bits per heavy atom. The maximum absolute atomic E-state index is 12.9. The van der Waals surface area contributed by atoms with Gasteiger partial charge in [0.1, 0.15) is 23.9 Å². The second-order valence-corrected chi connectivity index (χ2v) is 10.2. The Morgan fingerprint density at radius 1 is 1.29 bits per heavy atom. The van der Waals surface area contributed by atoms with Crippen molar-refractivity contribution in [3.05, 3.63) is 70.5 Å². The summed E-state index contributed by atoms with van der Waals surface area (Å²) in [5, 5.41) is 25.3. The number of ether oxygens (including phenoxy) is 1. The highest BCUT2D eigenvalue weighted by Crippen LogP contribution is 2.33. The summed E-state index contributed by atoms with van der Waals surface area (Å²) in [6.45, 7) is -0.226. The average molecular weight is 501 g/mol. The fourth-order valence-electron chi connectivity index (χ4n) is 3.87. The van der Waals surface area contributed by atoms with Crippen LogP contribution < -0.4 is 10.1 Å². The molecule has 3 aromatic rings. The van der Waals surface area contributed by atoms with Crippen molar-refractivity contribution >= 4 is 27.4 Å². The van der Waals surface area contributed by atoms with Crippen molar-refractivity contribution in [3.8, 4) is 17.6 Å². The van der Waals surface area contributed by atoms with Crippen LogP contribution in [0.25, 0.3) is 0 Å². The van der Waals surface area contributed by atoms with Gasteiger partial charge in [-0.05, 0) is 61.7 Å². The van der Waals surface area contributed by atoms with E-state index >= 15 is 0 Å². The smallest absolute Gasteiger partial charge is 0.325 e.